The highest BCUT2D eigenvalue weighted by Crippen LogP contribution is 2.34. The van der Waals surface area contributed by atoms with Gasteiger partial charge in [0.15, 0.2) is 0 Å². The number of ketones is 1. The number of halogens is 1. The Morgan fingerprint density at radius 2 is 1.68 bits per heavy atom. The van der Waals surface area contributed by atoms with E-state index in [-0.39, 0.29) is 46.6 Å². The van der Waals surface area contributed by atoms with Gasteiger partial charge in [-0.2, -0.15) is 0 Å². The molecule has 212 valence electrons. The Labute approximate surface area is 233 Å². The second-order valence-corrected chi connectivity index (χ2v) is 10.6. The van der Waals surface area contributed by atoms with Crippen molar-refractivity contribution in [3.8, 4) is 5.75 Å². The number of carbonyl (C=O) groups excluding carboxylic acids is 4. The summed E-state index contributed by atoms with van der Waals surface area (Å²) in [6.07, 6.45) is 0. The highest BCUT2D eigenvalue weighted by Gasteiger charge is 2.35. The summed E-state index contributed by atoms with van der Waals surface area (Å²) < 4.78 is 20.3. The first-order chi connectivity index (χ1) is 18.8. The van der Waals surface area contributed by atoms with Crippen LogP contribution in [0.3, 0.4) is 0 Å². The van der Waals surface area contributed by atoms with Gasteiger partial charge >= 0.3 is 0 Å². The molecule has 0 aliphatic carbocycles. The van der Waals surface area contributed by atoms with Crippen molar-refractivity contribution in [3.05, 3.63) is 64.6 Å². The number of hydrogen-bond donors (Lipinski definition) is 0. The Morgan fingerprint density at radius 3 is 2.25 bits per heavy atom. The first kappa shape index (κ1) is 28.9. The van der Waals surface area contributed by atoms with E-state index in [1.54, 1.807) is 36.1 Å². The number of carbonyl (C=O) groups is 4. The molecular weight excluding hydrogens is 515 g/mol. The molecule has 0 spiro atoms. The zero-order chi connectivity index (χ0) is 29.5. The molecule has 3 aromatic rings. The molecule has 1 aliphatic rings. The Kier molecular flexibility index (Phi) is 8.11. The number of hydrogen-bond acceptors (Lipinski definition) is 6. The van der Waals surface area contributed by atoms with Gasteiger partial charge in [-0.25, -0.2) is 4.39 Å². The van der Waals surface area contributed by atoms with Gasteiger partial charge in [-0.05, 0) is 44.5 Å². The Balaban J connectivity index is 1.72. The Morgan fingerprint density at radius 1 is 1.02 bits per heavy atom. The summed E-state index contributed by atoms with van der Waals surface area (Å²) in [6.45, 7) is 8.66. The Bertz CT molecular complexity index is 1490. The van der Waals surface area contributed by atoms with Crippen LogP contribution in [-0.2, 0) is 11.3 Å². The number of aromatic nitrogens is 1. The van der Waals surface area contributed by atoms with E-state index in [2.05, 4.69) is 4.90 Å². The van der Waals surface area contributed by atoms with Crippen LogP contribution in [-0.4, -0.2) is 89.1 Å². The third kappa shape index (κ3) is 5.23. The van der Waals surface area contributed by atoms with Gasteiger partial charge in [0.25, 0.3) is 17.6 Å². The fourth-order valence-corrected chi connectivity index (χ4v) is 5.46. The van der Waals surface area contributed by atoms with E-state index in [0.29, 0.717) is 36.2 Å². The van der Waals surface area contributed by atoms with Crippen molar-refractivity contribution in [3.63, 3.8) is 0 Å². The molecule has 1 fully saturated rings. The summed E-state index contributed by atoms with van der Waals surface area (Å²) in [6, 6.07) is 9.42. The van der Waals surface area contributed by atoms with Gasteiger partial charge in [0, 0.05) is 69.9 Å². The molecule has 10 heteroatoms. The van der Waals surface area contributed by atoms with Crippen LogP contribution in [0.2, 0.25) is 0 Å². The zero-order valence-electron chi connectivity index (χ0n) is 23.9. The molecule has 0 saturated carbocycles. The van der Waals surface area contributed by atoms with E-state index in [9.17, 15) is 23.6 Å². The maximum absolute atomic E-state index is 14.0. The lowest BCUT2D eigenvalue weighted by Gasteiger charge is -2.44. The molecule has 0 unspecified atom stereocenters. The fraction of sp³-hybridized carbons (Fsp3) is 0.400. The zero-order valence-corrected chi connectivity index (χ0v) is 23.9. The predicted octanol–water partition coefficient (Wildman–Crippen LogP) is 3.76. The van der Waals surface area contributed by atoms with Gasteiger partial charge in [0.05, 0.1) is 23.8 Å². The molecule has 1 saturated heterocycles. The van der Waals surface area contributed by atoms with Crippen LogP contribution in [0.25, 0.3) is 10.9 Å². The number of methoxy groups -OCH3 is 1. The molecule has 40 heavy (non-hydrogen) atoms. The number of Topliss-reactive ketones (excluding diaryl/α,β-unsaturated/α-hetero) is 1. The quantitative estimate of drug-likeness (QED) is 0.343. The average Bonchev–Trinajstić information content (AvgIpc) is 3.20. The number of piperazine rings is 1. The average molecular weight is 551 g/mol. The normalized spacial score (nSPS) is 17.6. The van der Waals surface area contributed by atoms with E-state index in [0.717, 1.165) is 5.56 Å². The summed E-state index contributed by atoms with van der Waals surface area (Å²) in [5.41, 5.74) is 2.03. The van der Waals surface area contributed by atoms with Crippen LogP contribution < -0.4 is 4.74 Å². The molecule has 0 bridgehead atoms. The highest BCUT2D eigenvalue weighted by atomic mass is 19.1. The molecule has 1 aliphatic heterocycles. The van der Waals surface area contributed by atoms with Crippen molar-refractivity contribution in [2.75, 3.05) is 34.3 Å². The largest absolute Gasteiger partial charge is 0.496 e. The molecule has 2 aromatic carbocycles. The number of fused-ring (bicyclic) bond motifs is 1. The fourth-order valence-electron chi connectivity index (χ4n) is 5.46. The first-order valence-corrected chi connectivity index (χ1v) is 13.1. The van der Waals surface area contributed by atoms with Crippen LogP contribution in [0.1, 0.15) is 57.5 Å². The minimum atomic E-state index is -0.757. The van der Waals surface area contributed by atoms with E-state index in [1.165, 1.54) is 49.7 Å². The second-order valence-electron chi connectivity index (χ2n) is 10.6. The first-order valence-electron chi connectivity index (χ1n) is 13.1. The van der Waals surface area contributed by atoms with E-state index < -0.39 is 11.7 Å². The van der Waals surface area contributed by atoms with Crippen molar-refractivity contribution in [1.29, 1.82) is 0 Å². The van der Waals surface area contributed by atoms with Gasteiger partial charge in [-0.1, -0.05) is 12.1 Å². The summed E-state index contributed by atoms with van der Waals surface area (Å²) in [4.78, 5) is 57.6. The lowest BCUT2D eigenvalue weighted by atomic mass is 10.0. The minimum absolute atomic E-state index is 0.0239. The SMILES string of the molecule is COc1cc2c(cc1C(=O)N1C[C@H](C)N(Cc3ccc(F)cc3)C[C@@H]1C)c(C(=O)C(=O)N(C)C)c(C)n2C(C)=O. The molecule has 2 heterocycles. The van der Waals surface area contributed by atoms with Crippen LogP contribution in [0.4, 0.5) is 4.39 Å². The minimum Gasteiger partial charge on any atom is -0.496 e. The maximum Gasteiger partial charge on any atom is 0.294 e. The van der Waals surface area contributed by atoms with Crippen LogP contribution >= 0.6 is 0 Å². The van der Waals surface area contributed by atoms with Crippen molar-refractivity contribution in [2.24, 2.45) is 0 Å². The van der Waals surface area contributed by atoms with Gasteiger partial charge in [-0.3, -0.25) is 28.6 Å². The molecule has 1 aromatic heterocycles. The molecule has 4 rings (SSSR count). The monoisotopic (exact) mass is 550 g/mol. The number of ether oxygens (including phenoxy) is 1. The van der Waals surface area contributed by atoms with Crippen LogP contribution in [0.5, 0.6) is 5.75 Å². The third-order valence-corrected chi connectivity index (χ3v) is 7.57. The van der Waals surface area contributed by atoms with Gasteiger partial charge in [0.2, 0.25) is 5.91 Å². The van der Waals surface area contributed by atoms with E-state index >= 15 is 0 Å². The van der Waals surface area contributed by atoms with E-state index in [1.807, 2.05) is 13.8 Å². The van der Waals surface area contributed by atoms with Gasteiger partial charge in [-0.15, -0.1) is 0 Å². The summed E-state index contributed by atoms with van der Waals surface area (Å²) >= 11 is 0. The molecule has 2 atom stereocenters. The predicted molar refractivity (Wildman–Crippen MR) is 149 cm³/mol. The molecular formula is C30H35FN4O5. The molecule has 0 N–H and O–H groups in total. The van der Waals surface area contributed by atoms with Crippen LogP contribution in [0.15, 0.2) is 36.4 Å². The molecule has 0 radical (unpaired) electrons. The number of benzene rings is 2. The highest BCUT2D eigenvalue weighted by molar-refractivity contribution is 6.45. The van der Waals surface area contributed by atoms with Crippen molar-refractivity contribution in [2.45, 2.75) is 46.3 Å². The Hall–Kier alpha value is -4.05. The molecule has 2 amide bonds. The number of likely N-dealkylation sites (N-methyl/N-ethyl adjacent to an activating group) is 1. The maximum atomic E-state index is 14.0. The van der Waals surface area contributed by atoms with Crippen molar-refractivity contribution in [1.82, 2.24) is 19.3 Å². The summed E-state index contributed by atoms with van der Waals surface area (Å²) in [5.74, 6) is -2.10. The van der Waals surface area contributed by atoms with Crippen molar-refractivity contribution < 1.29 is 28.3 Å². The third-order valence-electron chi connectivity index (χ3n) is 7.57. The van der Waals surface area contributed by atoms with E-state index in [4.69, 9.17) is 4.74 Å². The standard InChI is InChI=1S/C30H35FN4O5/c1-17-15-34(18(2)14-33(17)16-21-8-10-22(31)11-9-21)29(38)24-12-23-25(13-26(24)40-7)35(20(4)36)19(3)27(23)28(37)30(39)32(5)6/h8-13,17-18H,14-16H2,1-7H3/t17-,18-/m0/s1. The molecule has 9 nitrogen and oxygen atoms in total. The summed E-state index contributed by atoms with van der Waals surface area (Å²) in [7, 11) is 4.41. The topological polar surface area (TPSA) is 92.2 Å². The number of amides is 2. The second kappa shape index (κ2) is 11.2. The lowest BCUT2D eigenvalue weighted by Crippen LogP contribution is -2.57. The summed E-state index contributed by atoms with van der Waals surface area (Å²) in [5, 5.41) is 0.340. The van der Waals surface area contributed by atoms with Crippen molar-refractivity contribution >= 4 is 34.4 Å². The smallest absolute Gasteiger partial charge is 0.294 e. The lowest BCUT2D eigenvalue weighted by molar-refractivity contribution is -0.124. The number of rotatable bonds is 6. The van der Waals surface area contributed by atoms with Gasteiger partial charge < -0.3 is 14.5 Å². The van der Waals surface area contributed by atoms with Crippen LogP contribution in [0, 0.1) is 12.7 Å². The van der Waals surface area contributed by atoms with Gasteiger partial charge in [0.1, 0.15) is 11.6 Å². The number of nitrogens with zero attached hydrogens (tertiary/aromatic N) is 4.